The van der Waals surface area contributed by atoms with Gasteiger partial charge in [-0.15, -0.1) is 12.4 Å². The van der Waals surface area contributed by atoms with Crippen molar-refractivity contribution in [1.29, 1.82) is 0 Å². The molecule has 0 saturated heterocycles. The summed E-state index contributed by atoms with van der Waals surface area (Å²) < 4.78 is 20.7. The van der Waals surface area contributed by atoms with E-state index in [9.17, 15) is 4.79 Å². The number of hydrogen-bond acceptors (Lipinski definition) is 6. The second-order valence-corrected chi connectivity index (χ2v) is 5.15. The van der Waals surface area contributed by atoms with Crippen molar-refractivity contribution in [3.63, 3.8) is 0 Å². The Morgan fingerprint density at radius 1 is 1.05 bits per heavy atom. The zero-order valence-electron chi connectivity index (χ0n) is 13.8. The van der Waals surface area contributed by atoms with E-state index in [1.165, 1.54) is 28.4 Å². The molecule has 22 heavy (non-hydrogen) atoms. The van der Waals surface area contributed by atoms with E-state index in [4.69, 9.17) is 24.7 Å². The van der Waals surface area contributed by atoms with Gasteiger partial charge in [0.1, 0.15) is 0 Å². The molecule has 0 saturated carbocycles. The van der Waals surface area contributed by atoms with Crippen LogP contribution in [0, 0.1) is 5.41 Å². The maximum Gasteiger partial charge on any atom is 0.313 e. The lowest BCUT2D eigenvalue weighted by atomic mass is 9.81. The van der Waals surface area contributed by atoms with Crippen molar-refractivity contribution in [1.82, 2.24) is 0 Å². The van der Waals surface area contributed by atoms with Crippen molar-refractivity contribution in [2.75, 3.05) is 28.4 Å². The average Bonchev–Trinajstić information content (AvgIpc) is 2.51. The van der Waals surface area contributed by atoms with Crippen LogP contribution in [0.15, 0.2) is 12.1 Å². The van der Waals surface area contributed by atoms with Gasteiger partial charge in [-0.1, -0.05) is 0 Å². The summed E-state index contributed by atoms with van der Waals surface area (Å²) in [5.41, 5.74) is 6.04. The highest BCUT2D eigenvalue weighted by Crippen LogP contribution is 2.42. The van der Waals surface area contributed by atoms with Crippen LogP contribution in [-0.2, 0) is 9.53 Å². The molecular weight excluding hydrogens is 310 g/mol. The fraction of sp³-hybridized carbons (Fsp3) is 0.533. The molecule has 1 rings (SSSR count). The summed E-state index contributed by atoms with van der Waals surface area (Å²) in [6, 6.07) is 2.88. The van der Waals surface area contributed by atoms with Gasteiger partial charge in [0.25, 0.3) is 0 Å². The lowest BCUT2D eigenvalue weighted by Crippen LogP contribution is -2.37. The number of methoxy groups -OCH3 is 4. The summed E-state index contributed by atoms with van der Waals surface area (Å²) in [4.78, 5) is 11.9. The summed E-state index contributed by atoms with van der Waals surface area (Å²) in [6.07, 6.45) is 0. The molecule has 2 N–H and O–H groups in total. The van der Waals surface area contributed by atoms with E-state index in [-0.39, 0.29) is 18.4 Å². The minimum absolute atomic E-state index is 0. The summed E-state index contributed by atoms with van der Waals surface area (Å²) >= 11 is 0. The Bertz CT molecular complexity index is 494. The van der Waals surface area contributed by atoms with Crippen LogP contribution in [0.3, 0.4) is 0 Å². The molecule has 1 aromatic carbocycles. The highest BCUT2D eigenvalue weighted by Gasteiger charge is 2.37. The van der Waals surface area contributed by atoms with Crippen molar-refractivity contribution in [2.45, 2.75) is 19.9 Å². The number of carbonyl (C=O) groups is 1. The predicted octanol–water partition coefficient (Wildman–Crippen LogP) is 2.33. The van der Waals surface area contributed by atoms with Crippen LogP contribution in [0.2, 0.25) is 0 Å². The van der Waals surface area contributed by atoms with Gasteiger partial charge in [0, 0.05) is 6.04 Å². The van der Waals surface area contributed by atoms with E-state index in [0.29, 0.717) is 22.8 Å². The highest BCUT2D eigenvalue weighted by molar-refractivity contribution is 5.85. The van der Waals surface area contributed by atoms with Crippen LogP contribution in [0.1, 0.15) is 25.5 Å². The third kappa shape index (κ3) is 3.75. The fourth-order valence-corrected chi connectivity index (χ4v) is 2.09. The first-order valence-corrected chi connectivity index (χ1v) is 6.47. The van der Waals surface area contributed by atoms with Crippen molar-refractivity contribution >= 4 is 18.4 Å². The van der Waals surface area contributed by atoms with Crippen LogP contribution in [0.5, 0.6) is 17.2 Å². The number of carbonyl (C=O) groups excluding carboxylic acids is 1. The maximum absolute atomic E-state index is 11.9. The van der Waals surface area contributed by atoms with Gasteiger partial charge in [0.05, 0.1) is 33.9 Å². The zero-order valence-corrected chi connectivity index (χ0v) is 14.6. The van der Waals surface area contributed by atoms with Crippen LogP contribution in [0.4, 0.5) is 0 Å². The smallest absolute Gasteiger partial charge is 0.313 e. The monoisotopic (exact) mass is 333 g/mol. The number of benzene rings is 1. The van der Waals surface area contributed by atoms with Crippen molar-refractivity contribution in [3.05, 3.63) is 17.7 Å². The summed E-state index contributed by atoms with van der Waals surface area (Å²) in [6.45, 7) is 3.46. The molecule has 0 aromatic heterocycles. The quantitative estimate of drug-likeness (QED) is 0.805. The first-order chi connectivity index (χ1) is 9.83. The minimum atomic E-state index is -0.890. The molecule has 126 valence electrons. The average molecular weight is 334 g/mol. The lowest BCUT2D eigenvalue weighted by molar-refractivity contribution is -0.152. The van der Waals surface area contributed by atoms with Crippen molar-refractivity contribution in [3.8, 4) is 17.2 Å². The molecule has 0 aliphatic heterocycles. The molecule has 1 atom stereocenters. The molecule has 0 aliphatic rings. The van der Waals surface area contributed by atoms with Gasteiger partial charge >= 0.3 is 5.97 Å². The SMILES string of the molecule is COC(=O)C(C)(C)[C@H](N)c1cc(OC)c(OC)c(OC)c1.Cl. The van der Waals surface area contributed by atoms with Crippen molar-refractivity contribution in [2.24, 2.45) is 11.1 Å². The molecule has 1 aromatic rings. The maximum atomic E-state index is 11.9. The van der Waals surface area contributed by atoms with Crippen LogP contribution in [-0.4, -0.2) is 34.4 Å². The second-order valence-electron chi connectivity index (χ2n) is 5.15. The Balaban J connectivity index is 0.00000441. The lowest BCUT2D eigenvalue weighted by Gasteiger charge is -2.29. The topological polar surface area (TPSA) is 80.0 Å². The molecule has 0 unspecified atom stereocenters. The van der Waals surface area contributed by atoms with E-state index in [0.717, 1.165) is 0 Å². The van der Waals surface area contributed by atoms with Crippen LogP contribution in [0.25, 0.3) is 0 Å². The number of halogens is 1. The largest absolute Gasteiger partial charge is 0.493 e. The van der Waals surface area contributed by atoms with E-state index in [1.54, 1.807) is 26.0 Å². The molecule has 0 spiro atoms. The number of nitrogens with two attached hydrogens (primary N) is 1. The Labute approximate surface area is 137 Å². The molecule has 6 nitrogen and oxygen atoms in total. The Kier molecular flexibility index (Phi) is 7.49. The Morgan fingerprint density at radius 2 is 1.50 bits per heavy atom. The van der Waals surface area contributed by atoms with E-state index in [2.05, 4.69) is 0 Å². The molecular formula is C15H24ClNO5. The van der Waals surface area contributed by atoms with E-state index >= 15 is 0 Å². The molecule has 0 heterocycles. The molecule has 0 radical (unpaired) electrons. The van der Waals surface area contributed by atoms with Crippen molar-refractivity contribution < 1.29 is 23.7 Å². The summed E-state index contributed by atoms with van der Waals surface area (Å²) in [5, 5.41) is 0. The normalized spacial score (nSPS) is 12.0. The molecule has 0 bridgehead atoms. The fourth-order valence-electron chi connectivity index (χ4n) is 2.09. The zero-order chi connectivity index (χ0) is 16.2. The predicted molar refractivity (Wildman–Crippen MR) is 86.1 cm³/mol. The van der Waals surface area contributed by atoms with E-state index in [1.807, 2.05) is 0 Å². The third-order valence-electron chi connectivity index (χ3n) is 3.54. The van der Waals surface area contributed by atoms with Gasteiger partial charge in [-0.25, -0.2) is 0 Å². The second kappa shape index (κ2) is 8.10. The van der Waals surface area contributed by atoms with Gasteiger partial charge in [-0.05, 0) is 31.5 Å². The molecule has 0 fully saturated rings. The van der Waals surface area contributed by atoms with E-state index < -0.39 is 11.5 Å². The standard InChI is InChI=1S/C15H23NO5.ClH/c1-15(2,14(17)21-6)13(16)9-7-10(18-3)12(20-5)11(8-9)19-4;/h7-8,13H,16H2,1-6H3;1H/t13-;/m1./s1. The van der Waals surface area contributed by atoms with Crippen LogP contribution < -0.4 is 19.9 Å². The number of esters is 1. The number of ether oxygens (including phenoxy) is 4. The number of rotatable bonds is 6. The summed E-state index contributed by atoms with van der Waals surface area (Å²) in [7, 11) is 5.92. The first-order valence-electron chi connectivity index (χ1n) is 6.47. The molecule has 7 heteroatoms. The third-order valence-corrected chi connectivity index (χ3v) is 3.54. The first kappa shape index (κ1) is 20.3. The molecule has 0 amide bonds. The van der Waals surface area contributed by atoms with Gasteiger partial charge < -0.3 is 24.7 Å². The van der Waals surface area contributed by atoms with Gasteiger partial charge in [-0.3, -0.25) is 4.79 Å². The van der Waals surface area contributed by atoms with Crippen LogP contribution >= 0.6 is 12.4 Å². The molecule has 0 aliphatic carbocycles. The minimum Gasteiger partial charge on any atom is -0.493 e. The number of hydrogen-bond donors (Lipinski definition) is 1. The van der Waals surface area contributed by atoms with Gasteiger partial charge in [0.2, 0.25) is 5.75 Å². The highest BCUT2D eigenvalue weighted by atomic mass is 35.5. The van der Waals surface area contributed by atoms with Gasteiger partial charge in [0.15, 0.2) is 11.5 Å². The Morgan fingerprint density at radius 3 is 1.82 bits per heavy atom. The van der Waals surface area contributed by atoms with Gasteiger partial charge in [-0.2, -0.15) is 0 Å². The summed E-state index contributed by atoms with van der Waals surface area (Å²) in [5.74, 6) is 1.07. The Hall–Kier alpha value is -1.66.